The minimum atomic E-state index is -1.77. The zero-order chi connectivity index (χ0) is 51.2. The van der Waals surface area contributed by atoms with Crippen LogP contribution in [0.3, 0.4) is 0 Å². The summed E-state index contributed by atoms with van der Waals surface area (Å²) in [5.74, 6) is -1.02. The van der Waals surface area contributed by atoms with Gasteiger partial charge in [0.1, 0.15) is 29.7 Å². The number of rotatable bonds is 15. The van der Waals surface area contributed by atoms with E-state index in [-0.39, 0.29) is 31.3 Å². The number of nitrogen functional groups attached to an aromatic ring is 1. The lowest BCUT2D eigenvalue weighted by molar-refractivity contribution is -0.326. The van der Waals surface area contributed by atoms with E-state index in [4.69, 9.17) is 38.9 Å². The van der Waals surface area contributed by atoms with E-state index in [0.717, 1.165) is 17.9 Å². The van der Waals surface area contributed by atoms with Crippen molar-refractivity contribution in [1.29, 1.82) is 0 Å². The predicted molar refractivity (Wildman–Crippen MR) is 259 cm³/mol. The molecule has 0 bridgehead atoms. The lowest BCUT2D eigenvalue weighted by Crippen LogP contribution is -2.61. The lowest BCUT2D eigenvalue weighted by Gasteiger charge is -2.49. The molecular formula is C50H88N6O13. The molecule has 1 aromatic heterocycles. The molecule has 19 heteroatoms. The van der Waals surface area contributed by atoms with Crippen molar-refractivity contribution in [2.24, 2.45) is 17.8 Å². The first-order chi connectivity index (χ1) is 32.3. The Kier molecular flexibility index (Phi) is 20.3. The standard InChI is InChI=1S/C50H88N6O13/c1-14-39-50(10,62)43(58)33(6)55(12)27-29(2)25-48(8,61)45(31(4)42(32(5)46(60)67-39)68-40-26-49(9,63-13)44(59)34(7)66-40)69-47-41(57)38(24-30(3)65-47)54(11)22-20-36-28-56(53-52-36)21-15-23-64-37-18-16-35(51)17-19-37/h16-19,28-34,38-47,57-62H,14-15,20-27,51H2,1-13H3/t29-,30-,31+,32-,33-,34+,38+,39-,40+,41-,42+,43-,44+,45-,46?,47+,48-,49-,50-/m1/s1. The van der Waals surface area contributed by atoms with Crippen LogP contribution in [-0.4, -0.2) is 193 Å². The third-order valence-electron chi connectivity index (χ3n) is 15.2. The summed E-state index contributed by atoms with van der Waals surface area (Å²) in [6.45, 7) is 20.1. The maximum atomic E-state index is 12.8. The number of ether oxygens (including phenoxy) is 7. The van der Waals surface area contributed by atoms with Gasteiger partial charge < -0.3 is 79.3 Å². The summed E-state index contributed by atoms with van der Waals surface area (Å²) in [4.78, 5) is 4.02. The van der Waals surface area contributed by atoms with Crippen molar-refractivity contribution in [2.75, 3.05) is 46.6 Å². The van der Waals surface area contributed by atoms with Gasteiger partial charge in [0.2, 0.25) is 0 Å². The number of anilines is 1. The molecule has 4 heterocycles. The van der Waals surface area contributed by atoms with Crippen LogP contribution in [0.5, 0.6) is 5.75 Å². The van der Waals surface area contributed by atoms with Gasteiger partial charge in [0, 0.05) is 81.8 Å². The summed E-state index contributed by atoms with van der Waals surface area (Å²) in [5, 5.41) is 80.4. The number of hydrogen-bond acceptors (Lipinski definition) is 18. The van der Waals surface area contributed by atoms with Crippen molar-refractivity contribution < 1.29 is 63.8 Å². The molecule has 1 unspecified atom stereocenters. The summed E-state index contributed by atoms with van der Waals surface area (Å²) in [5.41, 5.74) is 2.87. The zero-order valence-electron chi connectivity index (χ0n) is 43.5. The van der Waals surface area contributed by atoms with Crippen LogP contribution in [0, 0.1) is 17.8 Å². The van der Waals surface area contributed by atoms with E-state index in [2.05, 4.69) is 15.2 Å². The van der Waals surface area contributed by atoms with Gasteiger partial charge in [0.25, 0.3) is 0 Å². The highest BCUT2D eigenvalue weighted by Crippen LogP contribution is 2.41. The highest BCUT2D eigenvalue weighted by Gasteiger charge is 2.52. The topological polar surface area (TPSA) is 249 Å². The molecule has 0 aliphatic carbocycles. The molecule has 69 heavy (non-hydrogen) atoms. The Labute approximate surface area is 410 Å². The van der Waals surface area contributed by atoms with Gasteiger partial charge in [-0.25, -0.2) is 0 Å². The van der Waals surface area contributed by atoms with Crippen molar-refractivity contribution in [3.63, 3.8) is 0 Å². The van der Waals surface area contributed by atoms with Crippen LogP contribution in [0.25, 0.3) is 0 Å². The summed E-state index contributed by atoms with van der Waals surface area (Å²) in [6.07, 6.45) is -6.72. The number of aliphatic hydroxyl groups excluding tert-OH is 4. The van der Waals surface area contributed by atoms with Gasteiger partial charge in [-0.15, -0.1) is 5.10 Å². The molecule has 2 aromatic rings. The fraction of sp³-hybridized carbons (Fsp3) is 0.840. The van der Waals surface area contributed by atoms with Crippen LogP contribution in [0.15, 0.2) is 30.5 Å². The minimum Gasteiger partial charge on any atom is -0.494 e. The number of hydrogen-bond donors (Lipinski definition) is 7. The molecule has 1 aromatic carbocycles. The van der Waals surface area contributed by atoms with Crippen molar-refractivity contribution >= 4 is 5.69 Å². The van der Waals surface area contributed by atoms with Crippen LogP contribution >= 0.6 is 0 Å². The highest BCUT2D eigenvalue weighted by atomic mass is 16.7. The summed E-state index contributed by atoms with van der Waals surface area (Å²) in [7, 11) is 5.33. The Morgan fingerprint density at radius 1 is 0.913 bits per heavy atom. The number of aromatic nitrogens is 3. The number of likely N-dealkylation sites (N-methyl/N-ethyl adjacent to an activating group) is 2. The predicted octanol–water partition coefficient (Wildman–Crippen LogP) is 2.95. The van der Waals surface area contributed by atoms with Crippen LogP contribution in [0.4, 0.5) is 5.69 Å². The zero-order valence-corrected chi connectivity index (χ0v) is 43.5. The molecule has 0 spiro atoms. The largest absolute Gasteiger partial charge is 0.494 e. The second-order valence-electron chi connectivity index (χ2n) is 21.3. The summed E-state index contributed by atoms with van der Waals surface area (Å²) < 4.78 is 46.2. The molecule has 19 atom stereocenters. The van der Waals surface area contributed by atoms with Gasteiger partial charge in [0.15, 0.2) is 18.9 Å². The third-order valence-corrected chi connectivity index (χ3v) is 15.2. The van der Waals surface area contributed by atoms with E-state index in [1.165, 1.54) is 14.0 Å². The molecule has 3 aliphatic heterocycles. The summed E-state index contributed by atoms with van der Waals surface area (Å²) >= 11 is 0. The van der Waals surface area contributed by atoms with Gasteiger partial charge in [-0.3, -0.25) is 4.68 Å². The first-order valence-corrected chi connectivity index (χ1v) is 25.1. The van der Waals surface area contributed by atoms with Crippen LogP contribution in [-0.2, 0) is 41.4 Å². The van der Waals surface area contributed by atoms with Gasteiger partial charge >= 0.3 is 0 Å². The van der Waals surface area contributed by atoms with Crippen molar-refractivity contribution in [1.82, 2.24) is 24.8 Å². The second kappa shape index (κ2) is 24.4. The third kappa shape index (κ3) is 14.3. The number of methoxy groups -OCH3 is 1. The van der Waals surface area contributed by atoms with Crippen molar-refractivity contribution in [3.05, 3.63) is 36.2 Å². The Morgan fingerprint density at radius 3 is 2.25 bits per heavy atom. The van der Waals surface area contributed by atoms with Gasteiger partial charge in [-0.05, 0) is 105 Å². The van der Waals surface area contributed by atoms with Gasteiger partial charge in [-0.2, -0.15) is 0 Å². The van der Waals surface area contributed by atoms with E-state index in [1.807, 2.05) is 71.9 Å². The van der Waals surface area contributed by atoms with Gasteiger partial charge in [0.05, 0.1) is 54.0 Å². The second-order valence-corrected chi connectivity index (χ2v) is 21.3. The fourth-order valence-electron chi connectivity index (χ4n) is 10.8. The monoisotopic (exact) mass is 981 g/mol. The minimum absolute atomic E-state index is 0.135. The molecule has 3 fully saturated rings. The van der Waals surface area contributed by atoms with Crippen molar-refractivity contribution in [2.45, 2.75) is 211 Å². The number of aliphatic hydroxyl groups is 6. The number of aryl methyl sites for hydroxylation is 1. The molecule has 8 N–H and O–H groups in total. The van der Waals surface area contributed by atoms with E-state index < -0.39 is 102 Å². The molecule has 3 aliphatic rings. The fourth-order valence-corrected chi connectivity index (χ4v) is 10.8. The van der Waals surface area contributed by atoms with E-state index >= 15 is 0 Å². The molecule has 0 radical (unpaired) electrons. The van der Waals surface area contributed by atoms with Crippen molar-refractivity contribution in [3.8, 4) is 5.75 Å². The quantitative estimate of drug-likeness (QED) is 0.100. The number of benzene rings is 1. The molecule has 0 saturated carbocycles. The van der Waals surface area contributed by atoms with E-state index in [1.54, 1.807) is 44.5 Å². The van der Waals surface area contributed by atoms with E-state index in [0.29, 0.717) is 44.8 Å². The molecule has 19 nitrogen and oxygen atoms in total. The summed E-state index contributed by atoms with van der Waals surface area (Å²) in [6, 6.07) is 6.36. The molecule has 0 amide bonds. The molecular weight excluding hydrogens is 893 g/mol. The SMILES string of the molecule is CC[C@H]1OC(O)[C@H](C)[C@@H](O[C@H]2C[C@@](C)(OC)[C@@H](O)[C@H](C)O2)[C@H](C)[C@@H](O[C@@H]2O[C@H](C)C[C@H](N(C)CCc3cn(CCCOc4ccc(N)cc4)nn3)[C@H]2O)[C@](C)(O)C[C@@H](C)CN(C)[C@H](C)[C@@H](O)[C@]1(C)O. The lowest BCUT2D eigenvalue weighted by atomic mass is 9.77. The highest BCUT2D eigenvalue weighted by molar-refractivity contribution is 5.41. The first kappa shape index (κ1) is 57.3. The van der Waals surface area contributed by atoms with Crippen LogP contribution in [0.2, 0.25) is 0 Å². The normalized spacial score (nSPS) is 41.4. The smallest absolute Gasteiger partial charge is 0.185 e. The molecule has 5 rings (SSSR count). The first-order valence-electron chi connectivity index (χ1n) is 25.1. The Balaban J connectivity index is 1.40. The average Bonchev–Trinajstić information content (AvgIpc) is 3.76. The van der Waals surface area contributed by atoms with E-state index in [9.17, 15) is 30.6 Å². The maximum Gasteiger partial charge on any atom is 0.185 e. The Morgan fingerprint density at radius 2 is 1.59 bits per heavy atom. The molecule has 3 saturated heterocycles. The van der Waals surface area contributed by atoms with Gasteiger partial charge in [-0.1, -0.05) is 32.9 Å². The number of nitrogens with zero attached hydrogens (tertiary/aromatic N) is 5. The maximum absolute atomic E-state index is 12.8. The van der Waals surface area contributed by atoms with Crippen LogP contribution < -0.4 is 10.5 Å². The number of nitrogens with two attached hydrogens (primary N) is 1. The molecule has 396 valence electrons. The Hall–Kier alpha value is -2.60. The average molecular weight is 981 g/mol. The Bertz CT molecular complexity index is 1840. The van der Waals surface area contributed by atoms with Crippen LogP contribution in [0.1, 0.15) is 107 Å².